The van der Waals surface area contributed by atoms with Gasteiger partial charge in [0, 0.05) is 35.6 Å². The number of hydrogen-bond acceptors (Lipinski definition) is 4. The summed E-state index contributed by atoms with van der Waals surface area (Å²) < 4.78 is 12.1. The summed E-state index contributed by atoms with van der Waals surface area (Å²) in [6, 6.07) is 42.7. The zero-order valence-corrected chi connectivity index (χ0v) is 21.1. The number of anilines is 2. The van der Waals surface area contributed by atoms with E-state index in [1.807, 2.05) is 12.1 Å². The molecule has 0 unspecified atom stereocenters. The Morgan fingerprint density at radius 2 is 0.816 bits per heavy atom. The van der Waals surface area contributed by atoms with Crippen LogP contribution in [-0.2, 0) is 13.1 Å². The SMILES string of the molecule is c1ccc(N2COc3ccc(-c4ccc(-c5ccc6c(c5)CN(c5ccccc5)CO6)cc4)cc3C2)cc1. The van der Waals surface area contributed by atoms with E-state index in [1.165, 1.54) is 44.8 Å². The number of nitrogens with zero attached hydrogens (tertiary/aromatic N) is 2. The lowest BCUT2D eigenvalue weighted by Crippen LogP contribution is -2.31. The van der Waals surface area contributed by atoms with E-state index in [-0.39, 0.29) is 0 Å². The van der Waals surface area contributed by atoms with Crippen LogP contribution in [0.15, 0.2) is 121 Å². The van der Waals surface area contributed by atoms with E-state index in [2.05, 4.69) is 119 Å². The first-order valence-corrected chi connectivity index (χ1v) is 13.0. The molecule has 4 heteroatoms. The molecule has 2 heterocycles. The third-order valence-corrected chi connectivity index (χ3v) is 7.39. The topological polar surface area (TPSA) is 24.9 Å². The van der Waals surface area contributed by atoms with Gasteiger partial charge in [-0.25, -0.2) is 0 Å². The molecule has 5 aromatic carbocycles. The van der Waals surface area contributed by atoms with E-state index in [9.17, 15) is 0 Å². The molecule has 0 aromatic heterocycles. The lowest BCUT2D eigenvalue weighted by Gasteiger charge is -2.31. The second-order valence-electron chi connectivity index (χ2n) is 9.84. The number of hydrogen-bond donors (Lipinski definition) is 0. The van der Waals surface area contributed by atoms with Gasteiger partial charge in [-0.2, -0.15) is 0 Å². The average molecular weight is 497 g/mol. The minimum absolute atomic E-state index is 0.569. The van der Waals surface area contributed by atoms with Crippen LogP contribution >= 0.6 is 0 Å². The maximum atomic E-state index is 6.05. The van der Waals surface area contributed by atoms with Crippen LogP contribution in [0, 0.1) is 0 Å². The standard InChI is InChI=1S/C34H28N2O2/c1-3-7-31(8-4-1)35-21-29-19-27(15-17-33(29)37-23-35)25-11-13-26(14-12-25)28-16-18-34-30(20-28)22-36(24-38-34)32-9-5-2-6-10-32/h1-20H,21-24H2. The van der Waals surface area contributed by atoms with Crippen LogP contribution < -0.4 is 19.3 Å². The number of benzene rings is 5. The van der Waals surface area contributed by atoms with Gasteiger partial charge in [0.1, 0.15) is 11.5 Å². The molecular formula is C34H28N2O2. The van der Waals surface area contributed by atoms with Crippen molar-refractivity contribution >= 4 is 11.4 Å². The summed E-state index contributed by atoms with van der Waals surface area (Å²) in [6.07, 6.45) is 0. The fourth-order valence-electron chi connectivity index (χ4n) is 5.31. The molecule has 38 heavy (non-hydrogen) atoms. The lowest BCUT2D eigenvalue weighted by atomic mass is 9.97. The molecule has 0 radical (unpaired) electrons. The fourth-order valence-corrected chi connectivity index (χ4v) is 5.31. The monoisotopic (exact) mass is 496 g/mol. The van der Waals surface area contributed by atoms with Gasteiger partial charge in [0.2, 0.25) is 0 Å². The van der Waals surface area contributed by atoms with Crippen molar-refractivity contribution in [3.05, 3.63) is 132 Å². The first-order chi connectivity index (χ1) is 18.8. The molecule has 0 atom stereocenters. The normalized spacial score (nSPS) is 14.2. The Bertz CT molecular complexity index is 1450. The van der Waals surface area contributed by atoms with Crippen molar-refractivity contribution in [3.63, 3.8) is 0 Å². The van der Waals surface area contributed by atoms with E-state index >= 15 is 0 Å². The molecule has 0 N–H and O–H groups in total. The van der Waals surface area contributed by atoms with Crippen molar-refractivity contribution in [2.75, 3.05) is 23.3 Å². The summed E-state index contributed by atoms with van der Waals surface area (Å²) in [5.41, 5.74) is 9.57. The predicted molar refractivity (Wildman–Crippen MR) is 154 cm³/mol. The third-order valence-electron chi connectivity index (χ3n) is 7.39. The van der Waals surface area contributed by atoms with Crippen molar-refractivity contribution in [2.24, 2.45) is 0 Å². The summed E-state index contributed by atoms with van der Waals surface area (Å²) in [5, 5.41) is 0. The van der Waals surface area contributed by atoms with Gasteiger partial charge >= 0.3 is 0 Å². The quantitative estimate of drug-likeness (QED) is 0.254. The molecule has 0 aliphatic carbocycles. The molecular weight excluding hydrogens is 468 g/mol. The number of para-hydroxylation sites is 2. The van der Waals surface area contributed by atoms with Gasteiger partial charge in [-0.1, -0.05) is 72.8 Å². The van der Waals surface area contributed by atoms with Gasteiger partial charge < -0.3 is 19.3 Å². The van der Waals surface area contributed by atoms with Crippen LogP contribution in [0.5, 0.6) is 11.5 Å². The lowest BCUT2D eigenvalue weighted by molar-refractivity contribution is 0.289. The van der Waals surface area contributed by atoms with Gasteiger partial charge in [-0.3, -0.25) is 0 Å². The maximum Gasteiger partial charge on any atom is 0.161 e. The Labute approximate surface area is 223 Å². The first kappa shape index (κ1) is 22.5. The van der Waals surface area contributed by atoms with Crippen LogP contribution in [0.25, 0.3) is 22.3 Å². The summed E-state index contributed by atoms with van der Waals surface area (Å²) in [7, 11) is 0. The smallest absolute Gasteiger partial charge is 0.161 e. The molecule has 0 fully saturated rings. The summed E-state index contributed by atoms with van der Waals surface area (Å²) in [4.78, 5) is 4.52. The van der Waals surface area contributed by atoms with Gasteiger partial charge in [-0.15, -0.1) is 0 Å². The Morgan fingerprint density at radius 1 is 0.421 bits per heavy atom. The van der Waals surface area contributed by atoms with Gasteiger partial charge in [0.15, 0.2) is 13.5 Å². The van der Waals surface area contributed by atoms with E-state index in [0.29, 0.717) is 13.5 Å². The van der Waals surface area contributed by atoms with Gasteiger partial charge in [0.25, 0.3) is 0 Å². The zero-order chi connectivity index (χ0) is 25.3. The second-order valence-corrected chi connectivity index (χ2v) is 9.84. The van der Waals surface area contributed by atoms with E-state index in [1.54, 1.807) is 0 Å². The molecule has 5 aromatic rings. The number of rotatable bonds is 4. The van der Waals surface area contributed by atoms with Crippen LogP contribution in [0.3, 0.4) is 0 Å². The minimum atomic E-state index is 0.569. The van der Waals surface area contributed by atoms with Crippen molar-refractivity contribution in [1.82, 2.24) is 0 Å². The second kappa shape index (κ2) is 9.64. The van der Waals surface area contributed by atoms with Gasteiger partial charge in [-0.05, 0) is 70.8 Å². The number of ether oxygens (including phenoxy) is 2. The Morgan fingerprint density at radius 3 is 1.24 bits per heavy atom. The largest absolute Gasteiger partial charge is 0.473 e. The Hall–Kier alpha value is -4.70. The van der Waals surface area contributed by atoms with Crippen LogP contribution in [0.1, 0.15) is 11.1 Å². The highest BCUT2D eigenvalue weighted by Gasteiger charge is 2.20. The van der Waals surface area contributed by atoms with Crippen molar-refractivity contribution in [1.29, 1.82) is 0 Å². The molecule has 0 saturated carbocycles. The van der Waals surface area contributed by atoms with Crippen molar-refractivity contribution in [3.8, 4) is 33.8 Å². The summed E-state index contributed by atoms with van der Waals surface area (Å²) in [5.74, 6) is 1.94. The van der Waals surface area contributed by atoms with E-state index in [0.717, 1.165) is 24.6 Å². The molecule has 7 rings (SSSR count). The first-order valence-electron chi connectivity index (χ1n) is 13.0. The van der Waals surface area contributed by atoms with Crippen molar-refractivity contribution in [2.45, 2.75) is 13.1 Å². The van der Waals surface area contributed by atoms with Gasteiger partial charge in [0.05, 0.1) is 0 Å². The highest BCUT2D eigenvalue weighted by molar-refractivity contribution is 5.73. The maximum absolute atomic E-state index is 6.05. The minimum Gasteiger partial charge on any atom is -0.473 e. The van der Waals surface area contributed by atoms with E-state index in [4.69, 9.17) is 9.47 Å². The van der Waals surface area contributed by atoms with Crippen molar-refractivity contribution < 1.29 is 9.47 Å². The Balaban J connectivity index is 1.11. The average Bonchev–Trinajstić information content (AvgIpc) is 3.01. The molecule has 0 saturated heterocycles. The molecule has 0 amide bonds. The molecule has 2 aliphatic rings. The van der Waals surface area contributed by atoms with Crippen LogP contribution in [-0.4, -0.2) is 13.5 Å². The summed E-state index contributed by atoms with van der Waals surface area (Å²) in [6.45, 7) is 2.81. The molecule has 186 valence electrons. The molecule has 0 spiro atoms. The molecule has 2 aliphatic heterocycles. The third kappa shape index (κ3) is 4.35. The highest BCUT2D eigenvalue weighted by Crippen LogP contribution is 2.35. The Kier molecular flexibility index (Phi) is 5.71. The van der Waals surface area contributed by atoms with Crippen LogP contribution in [0.2, 0.25) is 0 Å². The zero-order valence-electron chi connectivity index (χ0n) is 21.1. The summed E-state index contributed by atoms with van der Waals surface area (Å²) >= 11 is 0. The highest BCUT2D eigenvalue weighted by atomic mass is 16.5. The molecule has 0 bridgehead atoms. The fraction of sp³-hybridized carbons (Fsp3) is 0.118. The predicted octanol–water partition coefficient (Wildman–Crippen LogP) is 7.73. The molecule has 4 nitrogen and oxygen atoms in total. The van der Waals surface area contributed by atoms with E-state index < -0.39 is 0 Å². The number of fused-ring (bicyclic) bond motifs is 2. The van der Waals surface area contributed by atoms with Crippen LogP contribution in [0.4, 0.5) is 11.4 Å².